The molecule has 0 heterocycles. The van der Waals surface area contributed by atoms with Crippen molar-refractivity contribution in [1.82, 2.24) is 0 Å². The van der Waals surface area contributed by atoms with E-state index in [9.17, 15) is 0 Å². The van der Waals surface area contributed by atoms with Gasteiger partial charge in [0.2, 0.25) is 0 Å². The third-order valence-electron chi connectivity index (χ3n) is 3.15. The number of hydrogen-bond donors (Lipinski definition) is 0. The van der Waals surface area contributed by atoms with Crippen LogP contribution in [0.4, 0.5) is 0 Å². The number of hydrogen-bond acceptors (Lipinski definition) is 1. The van der Waals surface area contributed by atoms with Crippen LogP contribution in [0.1, 0.15) is 50.7 Å². The molecule has 0 saturated carbocycles. The summed E-state index contributed by atoms with van der Waals surface area (Å²) in [4.78, 5) is 0. The molecule has 1 heteroatoms. The summed E-state index contributed by atoms with van der Waals surface area (Å²) in [6, 6.07) is 6.53. The van der Waals surface area contributed by atoms with Gasteiger partial charge in [0.1, 0.15) is 5.75 Å². The van der Waals surface area contributed by atoms with Gasteiger partial charge < -0.3 is 4.74 Å². The summed E-state index contributed by atoms with van der Waals surface area (Å²) in [6.07, 6.45) is 4.65. The van der Waals surface area contributed by atoms with Gasteiger partial charge in [0.25, 0.3) is 0 Å². The zero-order valence-corrected chi connectivity index (χ0v) is 11.7. The molecular formula is C16H24O. The molecule has 1 rings (SSSR count). The number of benzene rings is 1. The Morgan fingerprint density at radius 2 is 2.06 bits per heavy atom. The lowest BCUT2D eigenvalue weighted by Gasteiger charge is -2.13. The lowest BCUT2D eigenvalue weighted by atomic mass is 9.94. The van der Waals surface area contributed by atoms with Crippen LogP contribution in [0.3, 0.4) is 0 Å². The van der Waals surface area contributed by atoms with Gasteiger partial charge >= 0.3 is 0 Å². The lowest BCUT2D eigenvalue weighted by molar-refractivity contribution is 0.410. The first-order valence-electron chi connectivity index (χ1n) is 6.32. The fourth-order valence-electron chi connectivity index (χ4n) is 1.93. The van der Waals surface area contributed by atoms with Gasteiger partial charge in [-0.25, -0.2) is 0 Å². The van der Waals surface area contributed by atoms with Crippen molar-refractivity contribution in [3.05, 3.63) is 41.0 Å². The Kier molecular flexibility index (Phi) is 5.27. The van der Waals surface area contributed by atoms with Crippen molar-refractivity contribution in [2.45, 2.75) is 46.5 Å². The number of aryl methyl sites for hydroxylation is 1. The molecule has 17 heavy (non-hydrogen) atoms. The van der Waals surface area contributed by atoms with Crippen molar-refractivity contribution in [2.75, 3.05) is 7.11 Å². The Morgan fingerprint density at radius 1 is 1.35 bits per heavy atom. The topological polar surface area (TPSA) is 9.23 Å². The molecule has 0 fully saturated rings. The SMILES string of the molecule is COc1cc([C@H](C)CCC=C(C)C)ccc1C. The van der Waals surface area contributed by atoms with Gasteiger partial charge in [-0.3, -0.25) is 0 Å². The van der Waals surface area contributed by atoms with E-state index in [1.54, 1.807) is 7.11 Å². The van der Waals surface area contributed by atoms with E-state index in [4.69, 9.17) is 4.74 Å². The Labute approximate surface area is 106 Å². The van der Waals surface area contributed by atoms with Crippen LogP contribution in [0.25, 0.3) is 0 Å². The minimum Gasteiger partial charge on any atom is -0.496 e. The molecule has 0 N–H and O–H groups in total. The summed E-state index contributed by atoms with van der Waals surface area (Å²) in [5.41, 5.74) is 3.97. The largest absolute Gasteiger partial charge is 0.496 e. The van der Waals surface area contributed by atoms with Crippen LogP contribution in [-0.4, -0.2) is 7.11 Å². The van der Waals surface area contributed by atoms with Gasteiger partial charge in [0, 0.05) is 0 Å². The Balaban J connectivity index is 2.68. The molecule has 0 radical (unpaired) electrons. The molecule has 0 bridgehead atoms. The fourth-order valence-corrected chi connectivity index (χ4v) is 1.93. The van der Waals surface area contributed by atoms with E-state index < -0.39 is 0 Å². The van der Waals surface area contributed by atoms with Crippen LogP contribution >= 0.6 is 0 Å². The van der Waals surface area contributed by atoms with Gasteiger partial charge in [-0.1, -0.05) is 30.7 Å². The Hall–Kier alpha value is -1.24. The zero-order chi connectivity index (χ0) is 12.8. The molecule has 1 nitrogen and oxygen atoms in total. The average Bonchev–Trinajstić information content (AvgIpc) is 2.29. The quantitative estimate of drug-likeness (QED) is 0.659. The van der Waals surface area contributed by atoms with Crippen molar-refractivity contribution in [1.29, 1.82) is 0 Å². The van der Waals surface area contributed by atoms with Gasteiger partial charge in [-0.05, 0) is 56.7 Å². The third kappa shape index (κ3) is 4.26. The van der Waals surface area contributed by atoms with Crippen LogP contribution in [0.5, 0.6) is 5.75 Å². The first-order chi connectivity index (χ1) is 8.04. The van der Waals surface area contributed by atoms with E-state index in [2.05, 4.69) is 52.0 Å². The third-order valence-corrected chi connectivity index (χ3v) is 3.15. The van der Waals surface area contributed by atoms with Crippen LogP contribution in [0.2, 0.25) is 0 Å². The van der Waals surface area contributed by atoms with Gasteiger partial charge in [-0.15, -0.1) is 0 Å². The molecule has 0 aliphatic rings. The zero-order valence-electron chi connectivity index (χ0n) is 11.7. The van der Waals surface area contributed by atoms with Crippen molar-refractivity contribution in [2.24, 2.45) is 0 Å². The molecule has 0 saturated heterocycles. The van der Waals surface area contributed by atoms with E-state index in [-0.39, 0.29) is 0 Å². The minimum atomic E-state index is 0.583. The summed E-state index contributed by atoms with van der Waals surface area (Å²) in [5, 5.41) is 0. The van der Waals surface area contributed by atoms with E-state index >= 15 is 0 Å². The predicted octanol–water partition coefficient (Wildman–Crippen LogP) is 4.85. The molecule has 1 atom stereocenters. The Morgan fingerprint density at radius 3 is 2.65 bits per heavy atom. The molecule has 0 aliphatic carbocycles. The second kappa shape index (κ2) is 6.48. The van der Waals surface area contributed by atoms with Crippen LogP contribution in [0.15, 0.2) is 29.8 Å². The van der Waals surface area contributed by atoms with Gasteiger partial charge in [-0.2, -0.15) is 0 Å². The van der Waals surface area contributed by atoms with E-state index in [0.29, 0.717) is 5.92 Å². The summed E-state index contributed by atoms with van der Waals surface area (Å²) < 4.78 is 5.37. The highest BCUT2D eigenvalue weighted by atomic mass is 16.5. The molecule has 0 spiro atoms. The molecule has 0 unspecified atom stereocenters. The smallest absolute Gasteiger partial charge is 0.122 e. The van der Waals surface area contributed by atoms with E-state index in [1.165, 1.54) is 23.1 Å². The highest BCUT2D eigenvalue weighted by Crippen LogP contribution is 2.27. The number of methoxy groups -OCH3 is 1. The normalized spacial score (nSPS) is 12.1. The van der Waals surface area contributed by atoms with Crippen molar-refractivity contribution >= 4 is 0 Å². The maximum atomic E-state index is 5.37. The molecular weight excluding hydrogens is 208 g/mol. The standard InChI is InChI=1S/C16H24O/c1-12(2)7-6-8-13(3)15-10-9-14(4)16(11-15)17-5/h7,9-11,13H,6,8H2,1-5H3/t13-/m1/s1. The predicted molar refractivity (Wildman–Crippen MR) is 74.8 cm³/mol. The molecule has 0 amide bonds. The summed E-state index contributed by atoms with van der Waals surface area (Å²) in [7, 11) is 1.74. The maximum Gasteiger partial charge on any atom is 0.122 e. The van der Waals surface area contributed by atoms with Gasteiger partial charge in [0.15, 0.2) is 0 Å². The van der Waals surface area contributed by atoms with E-state index in [1.807, 2.05) is 0 Å². The van der Waals surface area contributed by atoms with Crippen LogP contribution in [0, 0.1) is 6.92 Å². The van der Waals surface area contributed by atoms with Crippen LogP contribution in [-0.2, 0) is 0 Å². The second-order valence-corrected chi connectivity index (χ2v) is 4.99. The summed E-state index contributed by atoms with van der Waals surface area (Å²) in [6.45, 7) is 8.67. The molecule has 0 aromatic heterocycles. The second-order valence-electron chi connectivity index (χ2n) is 4.99. The lowest BCUT2D eigenvalue weighted by Crippen LogP contribution is -1.95. The highest BCUT2D eigenvalue weighted by molar-refractivity contribution is 5.37. The first kappa shape index (κ1) is 13.8. The average molecular weight is 232 g/mol. The van der Waals surface area contributed by atoms with Crippen molar-refractivity contribution in [3.8, 4) is 5.75 Å². The molecule has 94 valence electrons. The summed E-state index contributed by atoms with van der Waals surface area (Å²) >= 11 is 0. The first-order valence-corrected chi connectivity index (χ1v) is 6.32. The molecule has 0 aliphatic heterocycles. The molecule has 1 aromatic rings. The van der Waals surface area contributed by atoms with Gasteiger partial charge in [0.05, 0.1) is 7.11 Å². The number of ether oxygens (including phenoxy) is 1. The van der Waals surface area contributed by atoms with Crippen molar-refractivity contribution < 1.29 is 4.74 Å². The van der Waals surface area contributed by atoms with Crippen molar-refractivity contribution in [3.63, 3.8) is 0 Å². The van der Waals surface area contributed by atoms with Crippen LogP contribution < -0.4 is 4.74 Å². The number of rotatable bonds is 5. The van der Waals surface area contributed by atoms with E-state index in [0.717, 1.165) is 12.2 Å². The fraction of sp³-hybridized carbons (Fsp3) is 0.500. The monoisotopic (exact) mass is 232 g/mol. The maximum absolute atomic E-state index is 5.37. The Bertz CT molecular complexity index is 387. The summed E-state index contributed by atoms with van der Waals surface area (Å²) in [5.74, 6) is 1.58. The minimum absolute atomic E-state index is 0.583. The molecule has 1 aromatic carbocycles. The number of allylic oxidation sites excluding steroid dienone is 2. The highest BCUT2D eigenvalue weighted by Gasteiger charge is 2.07.